The lowest BCUT2D eigenvalue weighted by molar-refractivity contribution is -0.274. The predicted octanol–water partition coefficient (Wildman–Crippen LogP) is 3.78. The van der Waals surface area contributed by atoms with Crippen molar-refractivity contribution in [2.24, 2.45) is 0 Å². The second-order valence-electron chi connectivity index (χ2n) is 7.93. The third-order valence-electron chi connectivity index (χ3n) is 5.52. The topological polar surface area (TPSA) is 108 Å². The molecule has 0 saturated carbocycles. The number of hydrogen-bond donors (Lipinski definition) is 1. The molecule has 186 valence electrons. The zero-order valence-corrected chi connectivity index (χ0v) is 20.5. The molecular weight excluding hydrogens is 532 g/mol. The lowest BCUT2D eigenvalue weighted by Crippen LogP contribution is -2.62. The van der Waals surface area contributed by atoms with Gasteiger partial charge in [0, 0.05) is 5.33 Å². The van der Waals surface area contributed by atoms with Crippen molar-refractivity contribution in [3.8, 4) is 0 Å². The van der Waals surface area contributed by atoms with Crippen molar-refractivity contribution in [3.63, 3.8) is 0 Å². The Bertz CT molecular complexity index is 1170. The minimum Gasteiger partial charge on any atom is -0.452 e. The van der Waals surface area contributed by atoms with Crippen LogP contribution in [0.1, 0.15) is 31.1 Å². The van der Waals surface area contributed by atoms with Crippen molar-refractivity contribution < 1.29 is 38.4 Å². The summed E-state index contributed by atoms with van der Waals surface area (Å²) < 4.78 is 22.6. The number of alkyl halides is 1. The number of carbonyl (C=O) groups is 3. The van der Waals surface area contributed by atoms with Crippen molar-refractivity contribution in [2.45, 2.75) is 30.7 Å². The lowest BCUT2D eigenvalue weighted by Gasteiger charge is -2.42. The molecule has 8 nitrogen and oxygen atoms in total. The molecule has 5 unspecified atom stereocenters. The van der Waals surface area contributed by atoms with Crippen LogP contribution in [0.4, 0.5) is 0 Å². The minimum atomic E-state index is -1.65. The van der Waals surface area contributed by atoms with Gasteiger partial charge in [-0.25, -0.2) is 14.4 Å². The average Bonchev–Trinajstić information content (AvgIpc) is 2.93. The predicted molar refractivity (Wildman–Crippen MR) is 132 cm³/mol. The van der Waals surface area contributed by atoms with Crippen LogP contribution in [0.25, 0.3) is 0 Å². The standard InChI is InChI=1S/C27H23BrO8/c28-16-20-21(34-24(29)17-10-4-1-5-11-17)22(35-25(30)18-12-6-2-7-13-18)23(27(32)33-20)36-26(31)19-14-8-3-9-15-19/h1-15,20-23,27,32H,16H2. The fourth-order valence-electron chi connectivity index (χ4n) is 3.72. The van der Waals surface area contributed by atoms with Gasteiger partial charge in [0.1, 0.15) is 6.10 Å². The molecule has 3 aromatic carbocycles. The van der Waals surface area contributed by atoms with Crippen LogP contribution in [0.5, 0.6) is 0 Å². The number of carbonyl (C=O) groups excluding carboxylic acids is 3. The molecule has 36 heavy (non-hydrogen) atoms. The largest absolute Gasteiger partial charge is 0.452 e. The molecule has 1 saturated heterocycles. The number of benzene rings is 3. The first kappa shape index (κ1) is 25.6. The molecule has 0 aliphatic carbocycles. The summed E-state index contributed by atoms with van der Waals surface area (Å²) in [5, 5.41) is 10.9. The van der Waals surface area contributed by atoms with Gasteiger partial charge in [0.25, 0.3) is 0 Å². The van der Waals surface area contributed by atoms with E-state index in [-0.39, 0.29) is 22.0 Å². The van der Waals surface area contributed by atoms with Crippen molar-refractivity contribution >= 4 is 33.8 Å². The first-order valence-electron chi connectivity index (χ1n) is 11.2. The molecular formula is C27H23BrO8. The smallest absolute Gasteiger partial charge is 0.338 e. The van der Waals surface area contributed by atoms with E-state index in [0.29, 0.717) is 0 Å². The van der Waals surface area contributed by atoms with E-state index in [1.165, 1.54) is 12.1 Å². The van der Waals surface area contributed by atoms with Crippen LogP contribution in [-0.4, -0.2) is 59.1 Å². The molecule has 5 atom stereocenters. The molecule has 1 heterocycles. The summed E-state index contributed by atoms with van der Waals surface area (Å²) in [7, 11) is 0. The number of rotatable bonds is 7. The molecule has 1 N–H and O–H groups in total. The minimum absolute atomic E-state index is 0.134. The Balaban J connectivity index is 1.66. The van der Waals surface area contributed by atoms with Gasteiger partial charge in [-0.05, 0) is 36.4 Å². The van der Waals surface area contributed by atoms with Crippen molar-refractivity contribution in [1.29, 1.82) is 0 Å². The Morgan fingerprint density at radius 1 is 0.639 bits per heavy atom. The number of hydrogen-bond acceptors (Lipinski definition) is 8. The Morgan fingerprint density at radius 3 is 1.39 bits per heavy atom. The van der Waals surface area contributed by atoms with Gasteiger partial charge in [0.15, 0.2) is 24.6 Å². The highest BCUT2D eigenvalue weighted by Gasteiger charge is 2.51. The van der Waals surface area contributed by atoms with Crippen LogP contribution in [0.3, 0.4) is 0 Å². The maximum atomic E-state index is 13.0. The lowest BCUT2D eigenvalue weighted by atomic mass is 9.98. The zero-order valence-electron chi connectivity index (χ0n) is 18.9. The van der Waals surface area contributed by atoms with Gasteiger partial charge in [-0.1, -0.05) is 70.5 Å². The highest BCUT2D eigenvalue weighted by Crippen LogP contribution is 2.30. The fraction of sp³-hybridized carbons (Fsp3) is 0.222. The van der Waals surface area contributed by atoms with Crippen molar-refractivity contribution in [2.75, 3.05) is 5.33 Å². The summed E-state index contributed by atoms with van der Waals surface area (Å²) in [5.74, 6) is -2.21. The third-order valence-corrected chi connectivity index (χ3v) is 6.16. The summed E-state index contributed by atoms with van der Waals surface area (Å²) in [6, 6.07) is 24.5. The maximum absolute atomic E-state index is 13.0. The molecule has 4 rings (SSSR count). The van der Waals surface area contributed by atoms with Gasteiger partial charge in [0.05, 0.1) is 16.7 Å². The van der Waals surface area contributed by atoms with Gasteiger partial charge in [-0.15, -0.1) is 0 Å². The average molecular weight is 555 g/mol. The summed E-state index contributed by atoms with van der Waals surface area (Å²) in [5.41, 5.74) is 0.719. The molecule has 9 heteroatoms. The number of aliphatic hydroxyl groups is 1. The number of ether oxygens (including phenoxy) is 4. The molecule has 1 aliphatic heterocycles. The molecule has 0 amide bonds. The molecule has 1 aliphatic rings. The van der Waals surface area contributed by atoms with Crippen LogP contribution in [-0.2, 0) is 18.9 Å². The van der Waals surface area contributed by atoms with Crippen LogP contribution in [0.2, 0.25) is 0 Å². The highest BCUT2D eigenvalue weighted by molar-refractivity contribution is 9.09. The van der Waals surface area contributed by atoms with Gasteiger partial charge in [-0.2, -0.15) is 0 Å². The second-order valence-corrected chi connectivity index (χ2v) is 8.57. The van der Waals surface area contributed by atoms with E-state index < -0.39 is 48.6 Å². The van der Waals surface area contributed by atoms with E-state index in [9.17, 15) is 19.5 Å². The Morgan fingerprint density at radius 2 is 1.00 bits per heavy atom. The van der Waals surface area contributed by atoms with E-state index in [1.54, 1.807) is 78.9 Å². The summed E-state index contributed by atoms with van der Waals surface area (Å²) in [6.07, 6.45) is -6.62. The normalized spacial score (nSPS) is 23.3. The summed E-state index contributed by atoms with van der Waals surface area (Å²) in [4.78, 5) is 38.7. The van der Waals surface area contributed by atoms with Crippen molar-refractivity contribution in [3.05, 3.63) is 108 Å². The molecule has 3 aromatic rings. The molecule has 0 aromatic heterocycles. The summed E-state index contributed by atoms with van der Waals surface area (Å²) in [6.45, 7) is 0. The van der Waals surface area contributed by atoms with Crippen LogP contribution in [0, 0.1) is 0 Å². The third kappa shape index (κ3) is 5.99. The SMILES string of the molecule is O=C(OC1C(O)OC(CBr)C(OC(=O)c2ccccc2)C1OC(=O)c1ccccc1)c1ccccc1. The van der Waals surface area contributed by atoms with E-state index in [4.69, 9.17) is 18.9 Å². The monoisotopic (exact) mass is 554 g/mol. The van der Waals surface area contributed by atoms with E-state index in [1.807, 2.05) is 0 Å². The van der Waals surface area contributed by atoms with Gasteiger partial charge >= 0.3 is 17.9 Å². The van der Waals surface area contributed by atoms with Crippen molar-refractivity contribution in [1.82, 2.24) is 0 Å². The number of aliphatic hydroxyl groups excluding tert-OH is 1. The zero-order chi connectivity index (χ0) is 25.5. The Kier molecular flexibility index (Phi) is 8.48. The molecule has 1 fully saturated rings. The number of esters is 3. The molecule has 0 bridgehead atoms. The van der Waals surface area contributed by atoms with Crippen LogP contribution >= 0.6 is 15.9 Å². The van der Waals surface area contributed by atoms with E-state index in [0.717, 1.165) is 0 Å². The van der Waals surface area contributed by atoms with E-state index in [2.05, 4.69) is 15.9 Å². The van der Waals surface area contributed by atoms with Crippen LogP contribution < -0.4 is 0 Å². The van der Waals surface area contributed by atoms with Gasteiger partial charge in [0.2, 0.25) is 0 Å². The Hall–Kier alpha value is -3.53. The first-order valence-corrected chi connectivity index (χ1v) is 12.3. The molecule has 0 spiro atoms. The van der Waals surface area contributed by atoms with Gasteiger partial charge < -0.3 is 24.1 Å². The second kappa shape index (κ2) is 11.9. The summed E-state index contributed by atoms with van der Waals surface area (Å²) >= 11 is 3.30. The highest BCUT2D eigenvalue weighted by atomic mass is 79.9. The van der Waals surface area contributed by atoms with Gasteiger partial charge in [-0.3, -0.25) is 0 Å². The quantitative estimate of drug-likeness (QED) is 0.267. The maximum Gasteiger partial charge on any atom is 0.338 e. The molecule has 0 radical (unpaired) electrons. The first-order chi connectivity index (χ1) is 17.5. The van der Waals surface area contributed by atoms with Crippen LogP contribution in [0.15, 0.2) is 91.0 Å². The fourth-order valence-corrected chi connectivity index (χ4v) is 4.24. The number of halogens is 1. The van der Waals surface area contributed by atoms with E-state index >= 15 is 0 Å². The Labute approximate surface area is 215 Å².